The Bertz CT molecular complexity index is 1170. The van der Waals surface area contributed by atoms with Crippen LogP contribution in [0.3, 0.4) is 0 Å². The Labute approximate surface area is 199 Å². The van der Waals surface area contributed by atoms with Crippen LogP contribution in [-0.2, 0) is 6.42 Å². The third-order valence-corrected chi connectivity index (χ3v) is 5.44. The molecule has 0 spiro atoms. The van der Waals surface area contributed by atoms with Crippen molar-refractivity contribution in [3.8, 4) is 22.9 Å². The number of rotatable bonds is 10. The van der Waals surface area contributed by atoms with Crippen LogP contribution in [0.1, 0.15) is 35.3 Å². The van der Waals surface area contributed by atoms with E-state index in [4.69, 9.17) is 15.6 Å². The lowest BCUT2D eigenvalue weighted by Gasteiger charge is -2.28. The number of anilines is 1. The van der Waals surface area contributed by atoms with Gasteiger partial charge in [-0.2, -0.15) is 5.26 Å². The molecule has 0 aliphatic carbocycles. The summed E-state index contributed by atoms with van der Waals surface area (Å²) < 4.78 is 5.79. The van der Waals surface area contributed by atoms with Crippen LogP contribution >= 0.6 is 0 Å². The highest BCUT2D eigenvalue weighted by Gasteiger charge is 2.20. The number of ether oxygens (including phenoxy) is 1. The lowest BCUT2D eigenvalue weighted by atomic mass is 9.94. The molecular weight excluding hydrogens is 430 g/mol. The minimum absolute atomic E-state index is 0.0149. The van der Waals surface area contributed by atoms with Gasteiger partial charge in [0.2, 0.25) is 0 Å². The second-order valence-corrected chi connectivity index (χ2v) is 8.85. The quantitative estimate of drug-likeness (QED) is 0.339. The number of β-amino-alcohol motifs (C(OH)–C–C–N with tert-alkyl or cyclic N) is 1. The van der Waals surface area contributed by atoms with Crippen molar-refractivity contribution in [2.45, 2.75) is 31.9 Å². The molecule has 7 nitrogen and oxygen atoms in total. The number of nitrogens with zero attached hydrogens (tertiary/aromatic N) is 1. The monoisotopic (exact) mass is 459 g/mol. The van der Waals surface area contributed by atoms with Crippen molar-refractivity contribution < 1.29 is 19.7 Å². The highest BCUT2D eigenvalue weighted by molar-refractivity contribution is 5.88. The fourth-order valence-corrected chi connectivity index (χ4v) is 3.57. The summed E-state index contributed by atoms with van der Waals surface area (Å²) in [7, 11) is 0. The third-order valence-electron chi connectivity index (χ3n) is 5.44. The lowest BCUT2D eigenvalue weighted by Crippen LogP contribution is -2.46. The number of carbonyl (C=O) groups is 1. The smallest absolute Gasteiger partial charge is 0.335 e. The number of aromatic carboxylic acids is 1. The largest absolute Gasteiger partial charge is 0.489 e. The van der Waals surface area contributed by atoms with E-state index in [0.717, 1.165) is 28.8 Å². The minimum Gasteiger partial charge on any atom is -0.489 e. The zero-order valence-corrected chi connectivity index (χ0v) is 19.3. The molecule has 3 rings (SSSR count). The molecule has 0 bridgehead atoms. The van der Waals surface area contributed by atoms with Gasteiger partial charge in [0.05, 0.1) is 11.1 Å². The first kappa shape index (κ1) is 24.8. The summed E-state index contributed by atoms with van der Waals surface area (Å²) >= 11 is 0. The molecule has 0 fully saturated rings. The SMILES string of the molecule is CC(C)(Cc1ccc(N)cc1)NC[C@@H](O)COc1cc(-c2ccc(C(=O)O)cc2)ccc1C#N. The molecular formula is C27H29N3O4. The standard InChI is InChI=1S/C27H29N3O4/c1-27(2,14-18-3-11-23(29)12-4-18)30-16-24(31)17-34-25-13-21(9-10-22(25)15-28)19-5-7-20(8-6-19)26(32)33/h3-13,24,30-31H,14,16-17,29H2,1-2H3,(H,32,33)/t24-/m1/s1. The molecule has 0 aliphatic heterocycles. The van der Waals surface area contributed by atoms with Crippen molar-refractivity contribution in [3.63, 3.8) is 0 Å². The van der Waals surface area contributed by atoms with E-state index in [1.54, 1.807) is 30.3 Å². The van der Waals surface area contributed by atoms with Crippen LogP contribution in [0.25, 0.3) is 11.1 Å². The van der Waals surface area contributed by atoms with Gasteiger partial charge in [0.25, 0.3) is 0 Å². The third kappa shape index (κ3) is 6.82. The normalized spacial score (nSPS) is 12.1. The second kappa shape index (κ2) is 10.8. The van der Waals surface area contributed by atoms with E-state index in [-0.39, 0.29) is 17.7 Å². The Morgan fingerprint density at radius 2 is 1.74 bits per heavy atom. The number of nitrogen functional groups attached to an aromatic ring is 1. The van der Waals surface area contributed by atoms with E-state index >= 15 is 0 Å². The summed E-state index contributed by atoms with van der Waals surface area (Å²) in [6.45, 7) is 4.45. The van der Waals surface area contributed by atoms with E-state index in [1.807, 2.05) is 24.3 Å². The van der Waals surface area contributed by atoms with Crippen LogP contribution in [0.15, 0.2) is 66.7 Å². The second-order valence-electron chi connectivity index (χ2n) is 8.85. The van der Waals surface area contributed by atoms with Crippen molar-refractivity contribution in [2.24, 2.45) is 0 Å². The number of nitrogens with one attached hydrogen (secondary N) is 1. The predicted molar refractivity (Wildman–Crippen MR) is 132 cm³/mol. The molecule has 0 saturated heterocycles. The highest BCUT2D eigenvalue weighted by atomic mass is 16.5. The number of nitriles is 1. The summed E-state index contributed by atoms with van der Waals surface area (Å²) in [4.78, 5) is 11.1. The topological polar surface area (TPSA) is 129 Å². The minimum atomic E-state index is -0.991. The average Bonchev–Trinajstić information content (AvgIpc) is 2.82. The van der Waals surface area contributed by atoms with Crippen molar-refractivity contribution in [2.75, 3.05) is 18.9 Å². The molecule has 0 heterocycles. The Balaban J connectivity index is 1.60. The Kier molecular flexibility index (Phi) is 7.90. The fraction of sp³-hybridized carbons (Fsp3) is 0.259. The van der Waals surface area contributed by atoms with Gasteiger partial charge < -0.3 is 26.0 Å². The van der Waals surface area contributed by atoms with Crippen molar-refractivity contribution in [1.29, 1.82) is 5.26 Å². The molecule has 0 unspecified atom stereocenters. The van der Waals surface area contributed by atoms with Crippen LogP contribution < -0.4 is 15.8 Å². The van der Waals surface area contributed by atoms with E-state index < -0.39 is 12.1 Å². The lowest BCUT2D eigenvalue weighted by molar-refractivity contribution is 0.0697. The fourth-order valence-electron chi connectivity index (χ4n) is 3.57. The summed E-state index contributed by atoms with van der Waals surface area (Å²) in [6, 6.07) is 21.4. The van der Waals surface area contributed by atoms with E-state index in [2.05, 4.69) is 25.2 Å². The highest BCUT2D eigenvalue weighted by Crippen LogP contribution is 2.27. The Hall–Kier alpha value is -3.86. The van der Waals surface area contributed by atoms with E-state index in [0.29, 0.717) is 17.9 Å². The number of aliphatic hydroxyl groups is 1. The van der Waals surface area contributed by atoms with Crippen LogP contribution in [0.2, 0.25) is 0 Å². The van der Waals surface area contributed by atoms with Gasteiger partial charge in [-0.15, -0.1) is 0 Å². The molecule has 7 heteroatoms. The van der Waals surface area contributed by atoms with E-state index in [1.165, 1.54) is 12.1 Å². The van der Waals surface area contributed by atoms with Crippen LogP contribution in [0.4, 0.5) is 5.69 Å². The first-order valence-electron chi connectivity index (χ1n) is 10.9. The van der Waals surface area contributed by atoms with Crippen LogP contribution in [0.5, 0.6) is 5.75 Å². The summed E-state index contributed by atoms with van der Waals surface area (Å²) in [5.74, 6) is -0.628. The Morgan fingerprint density at radius 1 is 1.09 bits per heavy atom. The molecule has 0 saturated carbocycles. The molecule has 5 N–H and O–H groups in total. The number of aliphatic hydroxyl groups excluding tert-OH is 1. The molecule has 3 aromatic carbocycles. The first-order chi connectivity index (χ1) is 16.2. The molecule has 3 aromatic rings. The summed E-state index contributed by atoms with van der Waals surface area (Å²) in [5, 5.41) is 32.3. The number of hydrogen-bond acceptors (Lipinski definition) is 6. The van der Waals surface area contributed by atoms with Gasteiger partial charge in [0.1, 0.15) is 24.5 Å². The van der Waals surface area contributed by atoms with Gasteiger partial charge in [0, 0.05) is 17.8 Å². The van der Waals surface area contributed by atoms with Gasteiger partial charge in [-0.3, -0.25) is 0 Å². The first-order valence-corrected chi connectivity index (χ1v) is 10.9. The van der Waals surface area contributed by atoms with Crippen LogP contribution in [-0.4, -0.2) is 41.0 Å². The van der Waals surface area contributed by atoms with Crippen molar-refractivity contribution in [1.82, 2.24) is 5.32 Å². The number of benzene rings is 3. The molecule has 34 heavy (non-hydrogen) atoms. The van der Waals surface area contributed by atoms with Gasteiger partial charge in [-0.05, 0) is 73.4 Å². The Morgan fingerprint density at radius 3 is 2.35 bits per heavy atom. The van der Waals surface area contributed by atoms with Crippen molar-refractivity contribution >= 4 is 11.7 Å². The number of nitrogens with two attached hydrogens (primary N) is 1. The molecule has 1 atom stereocenters. The maximum absolute atomic E-state index is 11.1. The maximum atomic E-state index is 11.1. The zero-order valence-electron chi connectivity index (χ0n) is 19.3. The number of hydrogen-bond donors (Lipinski definition) is 4. The van der Waals surface area contributed by atoms with Gasteiger partial charge in [-0.25, -0.2) is 4.79 Å². The predicted octanol–water partition coefficient (Wildman–Crippen LogP) is 3.86. The van der Waals surface area contributed by atoms with Gasteiger partial charge >= 0.3 is 5.97 Å². The summed E-state index contributed by atoms with van der Waals surface area (Å²) in [6.07, 6.45) is -0.0157. The molecule has 0 amide bonds. The van der Waals surface area contributed by atoms with E-state index in [9.17, 15) is 15.2 Å². The molecule has 0 aromatic heterocycles. The summed E-state index contributed by atoms with van der Waals surface area (Å²) in [5.41, 5.74) is 9.49. The number of carboxylic acids is 1. The van der Waals surface area contributed by atoms with Crippen LogP contribution in [0, 0.1) is 11.3 Å². The molecule has 0 aliphatic rings. The molecule has 0 radical (unpaired) electrons. The van der Waals surface area contributed by atoms with Gasteiger partial charge in [0.15, 0.2) is 0 Å². The number of carboxylic acid groups (broad SMARTS) is 1. The average molecular weight is 460 g/mol. The van der Waals surface area contributed by atoms with Crippen molar-refractivity contribution in [3.05, 3.63) is 83.4 Å². The zero-order chi connectivity index (χ0) is 24.7. The molecule has 176 valence electrons. The maximum Gasteiger partial charge on any atom is 0.335 e. The van der Waals surface area contributed by atoms with Gasteiger partial charge in [-0.1, -0.05) is 30.3 Å².